The van der Waals surface area contributed by atoms with Crippen LogP contribution in [0.4, 0.5) is 5.69 Å². The normalized spacial score (nSPS) is 10.3. The van der Waals surface area contributed by atoms with E-state index in [1.165, 1.54) is 6.07 Å². The number of carbonyl (C=O) groups is 3. The predicted octanol–water partition coefficient (Wildman–Crippen LogP) is 2.58. The van der Waals surface area contributed by atoms with Crippen molar-refractivity contribution >= 4 is 23.4 Å². The molecule has 0 aliphatic rings. The molecule has 10 nitrogen and oxygen atoms in total. The Bertz CT molecular complexity index is 1150. The third-order valence-electron chi connectivity index (χ3n) is 4.20. The van der Waals surface area contributed by atoms with E-state index in [2.05, 4.69) is 9.84 Å². The van der Waals surface area contributed by atoms with Crippen LogP contribution in [-0.4, -0.2) is 46.6 Å². The SMILES string of the molecule is COC(=O)c1cc(C(=O)OC)n(-c2ccc([N+](=O)[O-])cc2C(=O)c2ccccc2)n1. The summed E-state index contributed by atoms with van der Waals surface area (Å²) < 4.78 is 10.4. The summed E-state index contributed by atoms with van der Waals surface area (Å²) in [5.41, 5.74) is -0.425. The van der Waals surface area contributed by atoms with Crippen LogP contribution in [-0.2, 0) is 9.47 Å². The number of nitro benzene ring substituents is 1. The minimum absolute atomic E-state index is 0.0602. The monoisotopic (exact) mass is 409 g/mol. The first-order valence-electron chi connectivity index (χ1n) is 8.52. The van der Waals surface area contributed by atoms with Gasteiger partial charge in [0.05, 0.1) is 30.4 Å². The summed E-state index contributed by atoms with van der Waals surface area (Å²) in [6, 6.07) is 12.8. The van der Waals surface area contributed by atoms with Crippen molar-refractivity contribution in [3.05, 3.63) is 87.2 Å². The maximum absolute atomic E-state index is 13.1. The van der Waals surface area contributed by atoms with Gasteiger partial charge in [-0.25, -0.2) is 14.3 Å². The third-order valence-corrected chi connectivity index (χ3v) is 4.20. The molecule has 0 spiro atoms. The first-order chi connectivity index (χ1) is 14.4. The first kappa shape index (κ1) is 20.4. The highest BCUT2D eigenvalue weighted by Crippen LogP contribution is 2.26. The molecular weight excluding hydrogens is 394 g/mol. The average Bonchev–Trinajstić information content (AvgIpc) is 3.23. The van der Waals surface area contributed by atoms with Gasteiger partial charge < -0.3 is 9.47 Å². The smallest absolute Gasteiger partial charge is 0.358 e. The van der Waals surface area contributed by atoms with Crippen LogP contribution in [0.1, 0.15) is 36.9 Å². The molecular formula is C20H15N3O7. The van der Waals surface area contributed by atoms with Crippen molar-refractivity contribution in [3.63, 3.8) is 0 Å². The highest BCUT2D eigenvalue weighted by Gasteiger charge is 2.26. The number of ketones is 1. The lowest BCUT2D eigenvalue weighted by atomic mass is 10.0. The number of nitrogens with zero attached hydrogens (tertiary/aromatic N) is 3. The molecule has 0 fully saturated rings. The Labute approximate surface area is 169 Å². The van der Waals surface area contributed by atoms with Crippen LogP contribution in [0.3, 0.4) is 0 Å². The molecule has 0 radical (unpaired) electrons. The van der Waals surface area contributed by atoms with Crippen molar-refractivity contribution in [3.8, 4) is 5.69 Å². The van der Waals surface area contributed by atoms with Gasteiger partial charge in [0, 0.05) is 23.8 Å². The molecule has 0 unspecified atom stereocenters. The molecule has 0 saturated carbocycles. The van der Waals surface area contributed by atoms with Crippen molar-refractivity contribution in [2.75, 3.05) is 14.2 Å². The van der Waals surface area contributed by atoms with Gasteiger partial charge in [-0.15, -0.1) is 0 Å². The number of methoxy groups -OCH3 is 2. The number of ether oxygens (including phenoxy) is 2. The quantitative estimate of drug-likeness (QED) is 0.263. The molecule has 0 aliphatic heterocycles. The zero-order valence-electron chi connectivity index (χ0n) is 15.9. The van der Waals surface area contributed by atoms with Crippen LogP contribution in [0.2, 0.25) is 0 Å². The fourth-order valence-corrected chi connectivity index (χ4v) is 2.77. The van der Waals surface area contributed by atoms with Gasteiger partial charge in [-0.2, -0.15) is 5.10 Å². The van der Waals surface area contributed by atoms with Gasteiger partial charge >= 0.3 is 11.9 Å². The number of esters is 2. The predicted molar refractivity (Wildman–Crippen MR) is 103 cm³/mol. The molecule has 30 heavy (non-hydrogen) atoms. The van der Waals surface area contributed by atoms with E-state index >= 15 is 0 Å². The summed E-state index contributed by atoms with van der Waals surface area (Å²) in [6.45, 7) is 0. The molecule has 152 valence electrons. The van der Waals surface area contributed by atoms with E-state index < -0.39 is 22.6 Å². The lowest BCUT2D eigenvalue weighted by Crippen LogP contribution is -2.15. The second-order valence-electron chi connectivity index (χ2n) is 5.96. The second-order valence-corrected chi connectivity index (χ2v) is 5.96. The van der Waals surface area contributed by atoms with E-state index in [4.69, 9.17) is 4.74 Å². The summed E-state index contributed by atoms with van der Waals surface area (Å²) in [7, 11) is 2.29. The number of non-ortho nitro benzene ring substituents is 1. The highest BCUT2D eigenvalue weighted by molar-refractivity contribution is 6.11. The molecule has 0 bridgehead atoms. The van der Waals surface area contributed by atoms with E-state index in [1.54, 1.807) is 30.3 Å². The number of nitro groups is 1. The summed E-state index contributed by atoms with van der Waals surface area (Å²) in [5, 5.41) is 15.3. The number of hydrogen-bond acceptors (Lipinski definition) is 8. The largest absolute Gasteiger partial charge is 0.464 e. The van der Waals surface area contributed by atoms with Crippen LogP contribution in [0.15, 0.2) is 54.6 Å². The summed E-state index contributed by atoms with van der Waals surface area (Å²) >= 11 is 0. The van der Waals surface area contributed by atoms with Crippen LogP contribution in [0.25, 0.3) is 5.69 Å². The number of hydrogen-bond donors (Lipinski definition) is 0. The zero-order valence-corrected chi connectivity index (χ0v) is 15.9. The molecule has 1 heterocycles. The molecule has 3 rings (SSSR count). The van der Waals surface area contributed by atoms with E-state index in [0.717, 1.165) is 37.1 Å². The van der Waals surface area contributed by atoms with Gasteiger partial charge in [0.2, 0.25) is 0 Å². The van der Waals surface area contributed by atoms with Crippen molar-refractivity contribution in [2.24, 2.45) is 0 Å². The van der Waals surface area contributed by atoms with Crippen molar-refractivity contribution < 1.29 is 28.8 Å². The fourth-order valence-electron chi connectivity index (χ4n) is 2.77. The van der Waals surface area contributed by atoms with Gasteiger partial charge in [-0.05, 0) is 6.07 Å². The topological polar surface area (TPSA) is 131 Å². The number of carbonyl (C=O) groups excluding carboxylic acids is 3. The number of aromatic nitrogens is 2. The van der Waals surface area contributed by atoms with Crippen LogP contribution in [0.5, 0.6) is 0 Å². The lowest BCUT2D eigenvalue weighted by molar-refractivity contribution is -0.384. The van der Waals surface area contributed by atoms with Gasteiger partial charge in [0.15, 0.2) is 17.2 Å². The Morgan fingerprint density at radius 1 is 0.967 bits per heavy atom. The maximum Gasteiger partial charge on any atom is 0.358 e. The lowest BCUT2D eigenvalue weighted by Gasteiger charge is -2.11. The van der Waals surface area contributed by atoms with Gasteiger partial charge in [-0.1, -0.05) is 30.3 Å². The zero-order chi connectivity index (χ0) is 21.8. The molecule has 2 aromatic carbocycles. The average molecular weight is 409 g/mol. The standard InChI is InChI=1S/C20H15N3O7/c1-29-19(25)15-11-17(20(26)30-2)22(21-15)16-9-8-13(23(27)28)10-14(16)18(24)12-6-4-3-5-7-12/h3-11H,1-2H3. The molecule has 10 heteroatoms. The Balaban J connectivity index is 2.27. The number of rotatable bonds is 6. The van der Waals surface area contributed by atoms with Crippen molar-refractivity contribution in [2.45, 2.75) is 0 Å². The van der Waals surface area contributed by atoms with Crippen LogP contribution >= 0.6 is 0 Å². The molecule has 0 amide bonds. The van der Waals surface area contributed by atoms with Gasteiger partial charge in [0.25, 0.3) is 5.69 Å². The summed E-state index contributed by atoms with van der Waals surface area (Å²) in [6.07, 6.45) is 0. The van der Waals surface area contributed by atoms with E-state index in [9.17, 15) is 24.5 Å². The molecule has 0 atom stereocenters. The summed E-state index contributed by atoms with van der Waals surface area (Å²) in [4.78, 5) is 47.8. The molecule has 3 aromatic rings. The Morgan fingerprint density at radius 3 is 2.23 bits per heavy atom. The maximum atomic E-state index is 13.1. The van der Waals surface area contributed by atoms with E-state index in [-0.39, 0.29) is 33.9 Å². The van der Waals surface area contributed by atoms with Crippen LogP contribution in [0, 0.1) is 10.1 Å². The Morgan fingerprint density at radius 2 is 1.63 bits per heavy atom. The second kappa shape index (κ2) is 8.35. The minimum atomic E-state index is -0.825. The summed E-state index contributed by atoms with van der Waals surface area (Å²) in [5.74, 6) is -2.16. The van der Waals surface area contributed by atoms with Crippen molar-refractivity contribution in [1.29, 1.82) is 0 Å². The molecule has 0 aliphatic carbocycles. The van der Waals surface area contributed by atoms with Gasteiger partial charge in [0.1, 0.15) is 0 Å². The van der Waals surface area contributed by atoms with E-state index in [0.29, 0.717) is 0 Å². The minimum Gasteiger partial charge on any atom is -0.464 e. The Kier molecular flexibility index (Phi) is 5.68. The highest BCUT2D eigenvalue weighted by atomic mass is 16.6. The van der Waals surface area contributed by atoms with Gasteiger partial charge in [-0.3, -0.25) is 14.9 Å². The number of benzene rings is 2. The third kappa shape index (κ3) is 3.78. The first-order valence-corrected chi connectivity index (χ1v) is 8.52. The molecule has 0 saturated heterocycles. The molecule has 1 aromatic heterocycles. The van der Waals surface area contributed by atoms with E-state index in [1.807, 2.05) is 0 Å². The Hall–Kier alpha value is -4.34. The molecule has 0 N–H and O–H groups in total. The van der Waals surface area contributed by atoms with Crippen LogP contribution < -0.4 is 0 Å². The van der Waals surface area contributed by atoms with Crippen molar-refractivity contribution in [1.82, 2.24) is 9.78 Å². The fraction of sp³-hybridized carbons (Fsp3) is 0.100.